The fourth-order valence-electron chi connectivity index (χ4n) is 4.00. The normalized spacial score (nSPS) is 30.2. The third kappa shape index (κ3) is 3.91. The number of nitrogens with zero attached hydrogens (tertiary/aromatic N) is 1. The van der Waals surface area contributed by atoms with Crippen LogP contribution in [-0.2, 0) is 17.4 Å². The number of halogens is 3. The molecule has 0 aromatic carbocycles. The number of amides is 1. The van der Waals surface area contributed by atoms with Gasteiger partial charge in [-0.3, -0.25) is 4.79 Å². The molecular formula is C16H22F3N3OS. The first-order valence-electron chi connectivity index (χ1n) is 8.39. The smallest absolute Gasteiger partial charge is 0.355 e. The first kappa shape index (κ1) is 17.7. The number of aromatic nitrogens is 1. The molecule has 3 rings (SSSR count). The predicted molar refractivity (Wildman–Crippen MR) is 85.4 cm³/mol. The topological polar surface area (TPSA) is 68.0 Å². The van der Waals surface area contributed by atoms with Gasteiger partial charge >= 0.3 is 6.18 Å². The lowest BCUT2D eigenvalue weighted by Crippen LogP contribution is -2.49. The van der Waals surface area contributed by atoms with Gasteiger partial charge in [0.05, 0.1) is 5.01 Å². The van der Waals surface area contributed by atoms with Crippen molar-refractivity contribution in [3.8, 4) is 0 Å². The van der Waals surface area contributed by atoms with Crippen molar-refractivity contribution in [1.29, 1.82) is 0 Å². The van der Waals surface area contributed by atoms with Crippen LogP contribution in [0.15, 0.2) is 5.38 Å². The summed E-state index contributed by atoms with van der Waals surface area (Å²) in [6.45, 7) is 0.321. The summed E-state index contributed by atoms with van der Waals surface area (Å²) in [5, 5.41) is 4.27. The quantitative estimate of drug-likeness (QED) is 0.866. The number of nitrogens with two attached hydrogens (primary N) is 1. The zero-order valence-corrected chi connectivity index (χ0v) is 14.1. The molecule has 2 saturated carbocycles. The maximum Gasteiger partial charge on any atom is 0.434 e. The number of hydrogen-bond donors (Lipinski definition) is 2. The molecule has 2 bridgehead atoms. The van der Waals surface area contributed by atoms with E-state index in [1.807, 2.05) is 0 Å². The van der Waals surface area contributed by atoms with Crippen LogP contribution in [0.1, 0.15) is 42.8 Å². The van der Waals surface area contributed by atoms with Crippen LogP contribution >= 0.6 is 11.3 Å². The molecule has 2 aliphatic rings. The molecule has 1 heterocycles. The largest absolute Gasteiger partial charge is 0.434 e. The van der Waals surface area contributed by atoms with Crippen molar-refractivity contribution in [3.63, 3.8) is 0 Å². The standard InChI is InChI=1S/C16H22F3N3OS/c17-16(18,19)12-8-24-13(22-12)4-5-21-15(23)11-6-9-2-1-3-10(7-11)14(9)20/h8-11,14H,1-7,20H2,(H,21,23). The summed E-state index contributed by atoms with van der Waals surface area (Å²) in [7, 11) is 0. The average molecular weight is 361 g/mol. The van der Waals surface area contributed by atoms with Crippen LogP contribution in [0.3, 0.4) is 0 Å². The predicted octanol–water partition coefficient (Wildman–Crippen LogP) is 2.97. The zero-order chi connectivity index (χ0) is 17.3. The molecule has 8 heteroatoms. The van der Waals surface area contributed by atoms with Gasteiger partial charge in [-0.25, -0.2) is 4.98 Å². The van der Waals surface area contributed by atoms with Gasteiger partial charge in [-0.1, -0.05) is 6.42 Å². The first-order chi connectivity index (χ1) is 11.3. The molecule has 1 aromatic heterocycles. The van der Waals surface area contributed by atoms with E-state index < -0.39 is 11.9 Å². The molecule has 0 radical (unpaired) electrons. The molecule has 0 saturated heterocycles. The lowest BCUT2D eigenvalue weighted by atomic mass is 9.65. The Bertz CT molecular complexity index is 575. The molecular weight excluding hydrogens is 339 g/mol. The Labute approximate surface area is 143 Å². The van der Waals surface area contributed by atoms with Gasteiger partial charge in [0.1, 0.15) is 0 Å². The molecule has 134 valence electrons. The summed E-state index contributed by atoms with van der Waals surface area (Å²) < 4.78 is 37.5. The SMILES string of the molecule is NC1C2CCCC1CC(C(=O)NCCc1nc(C(F)(F)F)cs1)C2. The highest BCUT2D eigenvalue weighted by molar-refractivity contribution is 7.09. The van der Waals surface area contributed by atoms with Crippen molar-refractivity contribution in [2.45, 2.75) is 50.7 Å². The van der Waals surface area contributed by atoms with Crippen molar-refractivity contribution in [3.05, 3.63) is 16.1 Å². The Morgan fingerprint density at radius 1 is 1.33 bits per heavy atom. The number of fused-ring (bicyclic) bond motifs is 2. The monoisotopic (exact) mass is 361 g/mol. The number of carbonyl (C=O) groups is 1. The minimum Gasteiger partial charge on any atom is -0.355 e. The number of hydrogen-bond acceptors (Lipinski definition) is 4. The summed E-state index contributed by atoms with van der Waals surface area (Å²) in [6.07, 6.45) is 0.977. The summed E-state index contributed by atoms with van der Waals surface area (Å²) in [6, 6.07) is 0.221. The van der Waals surface area contributed by atoms with Crippen LogP contribution in [0, 0.1) is 17.8 Å². The fraction of sp³-hybridized carbons (Fsp3) is 0.750. The molecule has 2 fully saturated rings. The summed E-state index contributed by atoms with van der Waals surface area (Å²) in [5.74, 6) is 0.858. The van der Waals surface area contributed by atoms with Crippen LogP contribution in [0.4, 0.5) is 13.2 Å². The molecule has 24 heavy (non-hydrogen) atoms. The lowest BCUT2D eigenvalue weighted by Gasteiger charge is -2.43. The van der Waals surface area contributed by atoms with Crippen molar-refractivity contribution < 1.29 is 18.0 Å². The average Bonchev–Trinajstić information content (AvgIpc) is 2.95. The fourth-order valence-corrected chi connectivity index (χ4v) is 4.80. The number of alkyl halides is 3. The van der Waals surface area contributed by atoms with E-state index in [1.54, 1.807) is 0 Å². The Hall–Kier alpha value is -1.15. The molecule has 0 spiro atoms. The van der Waals surface area contributed by atoms with Gasteiger partial charge in [0.2, 0.25) is 5.91 Å². The summed E-state index contributed by atoms with van der Waals surface area (Å²) >= 11 is 0.979. The van der Waals surface area contributed by atoms with Crippen LogP contribution in [0.2, 0.25) is 0 Å². The van der Waals surface area contributed by atoms with Crippen molar-refractivity contribution >= 4 is 17.2 Å². The van der Waals surface area contributed by atoms with E-state index in [0.717, 1.165) is 42.4 Å². The van der Waals surface area contributed by atoms with E-state index in [1.165, 1.54) is 6.42 Å². The third-order valence-corrected chi connectivity index (χ3v) is 6.17. The minimum absolute atomic E-state index is 0.00593. The first-order valence-corrected chi connectivity index (χ1v) is 9.27. The number of thiazole rings is 1. The van der Waals surface area contributed by atoms with Crippen LogP contribution in [-0.4, -0.2) is 23.5 Å². The van der Waals surface area contributed by atoms with E-state index in [2.05, 4.69) is 10.3 Å². The molecule has 2 atom stereocenters. The van der Waals surface area contributed by atoms with E-state index in [0.29, 0.717) is 29.8 Å². The second-order valence-corrected chi connectivity index (χ2v) is 7.80. The minimum atomic E-state index is -4.41. The van der Waals surface area contributed by atoms with E-state index in [4.69, 9.17) is 5.73 Å². The molecule has 2 aliphatic carbocycles. The van der Waals surface area contributed by atoms with E-state index >= 15 is 0 Å². The highest BCUT2D eigenvalue weighted by atomic mass is 32.1. The van der Waals surface area contributed by atoms with E-state index in [-0.39, 0.29) is 17.9 Å². The van der Waals surface area contributed by atoms with Crippen molar-refractivity contribution in [2.24, 2.45) is 23.5 Å². The molecule has 1 aromatic rings. The van der Waals surface area contributed by atoms with E-state index in [9.17, 15) is 18.0 Å². The van der Waals surface area contributed by atoms with Gasteiger partial charge in [0.15, 0.2) is 5.69 Å². The second-order valence-electron chi connectivity index (χ2n) is 6.86. The molecule has 3 N–H and O–H groups in total. The number of carbonyl (C=O) groups excluding carboxylic acids is 1. The van der Waals surface area contributed by atoms with Gasteiger partial charge in [-0.15, -0.1) is 11.3 Å². The Kier molecular flexibility index (Phi) is 5.15. The highest BCUT2D eigenvalue weighted by Crippen LogP contribution is 2.41. The van der Waals surface area contributed by atoms with Gasteiger partial charge < -0.3 is 11.1 Å². The van der Waals surface area contributed by atoms with Crippen molar-refractivity contribution in [2.75, 3.05) is 6.54 Å². The third-order valence-electron chi connectivity index (χ3n) is 5.26. The molecule has 2 unspecified atom stereocenters. The summed E-state index contributed by atoms with van der Waals surface area (Å²) in [5.41, 5.74) is 5.37. The Morgan fingerprint density at radius 2 is 2.00 bits per heavy atom. The lowest BCUT2D eigenvalue weighted by molar-refractivity contribution is -0.140. The van der Waals surface area contributed by atoms with Crippen LogP contribution < -0.4 is 11.1 Å². The molecule has 1 amide bonds. The van der Waals surface area contributed by atoms with Gasteiger partial charge in [0, 0.05) is 30.3 Å². The Morgan fingerprint density at radius 3 is 2.58 bits per heavy atom. The van der Waals surface area contributed by atoms with Crippen molar-refractivity contribution in [1.82, 2.24) is 10.3 Å². The maximum absolute atomic E-state index is 12.5. The number of nitrogens with one attached hydrogen (secondary N) is 1. The number of rotatable bonds is 4. The van der Waals surface area contributed by atoms with Gasteiger partial charge in [-0.05, 0) is 37.5 Å². The Balaban J connectivity index is 1.47. The molecule has 4 nitrogen and oxygen atoms in total. The highest BCUT2D eigenvalue weighted by Gasteiger charge is 2.40. The van der Waals surface area contributed by atoms with Gasteiger partial charge in [0.25, 0.3) is 0 Å². The maximum atomic E-state index is 12.5. The van der Waals surface area contributed by atoms with Crippen LogP contribution in [0.25, 0.3) is 0 Å². The molecule has 0 aliphatic heterocycles. The second kappa shape index (κ2) is 7.00. The van der Waals surface area contributed by atoms with Crippen LogP contribution in [0.5, 0.6) is 0 Å². The van der Waals surface area contributed by atoms with Gasteiger partial charge in [-0.2, -0.15) is 13.2 Å². The summed E-state index contributed by atoms with van der Waals surface area (Å²) in [4.78, 5) is 15.9. The zero-order valence-electron chi connectivity index (χ0n) is 13.3.